The molecule has 0 atom stereocenters. The zero-order valence-corrected chi connectivity index (χ0v) is 95.6. The fourth-order valence-electron chi connectivity index (χ4n) is 18.5. The molecule has 0 bridgehead atoms. The molecule has 12 heteroatoms. The van der Waals surface area contributed by atoms with Gasteiger partial charge in [-0.2, -0.15) is 0 Å². The van der Waals surface area contributed by atoms with E-state index in [4.69, 9.17) is 0 Å². The Morgan fingerprint density at radius 3 is 0.248 bits per heavy atom. The van der Waals surface area contributed by atoms with Crippen LogP contribution in [0.5, 0.6) is 0 Å². The molecule has 0 aliphatic carbocycles. The van der Waals surface area contributed by atoms with E-state index in [9.17, 15) is 39.6 Å². The third kappa shape index (κ3) is 124. The van der Waals surface area contributed by atoms with Gasteiger partial charge in [0.25, 0.3) is 0 Å². The van der Waals surface area contributed by atoms with Crippen LogP contribution in [-0.2, 0) is 19.2 Å². The van der Waals surface area contributed by atoms with Gasteiger partial charge >= 0.3 is 0 Å². The van der Waals surface area contributed by atoms with Gasteiger partial charge in [0.05, 0.1) is 105 Å². The van der Waals surface area contributed by atoms with Crippen molar-refractivity contribution >= 4 is 23.9 Å². The van der Waals surface area contributed by atoms with Gasteiger partial charge in [0, 0.05) is 23.9 Å². The molecule has 0 aliphatic heterocycles. The number of nitrogens with zero attached hydrogens (tertiary/aromatic N) is 4. The Balaban J connectivity index is -0.000000224. The minimum Gasteiger partial charge on any atom is -0.550 e. The van der Waals surface area contributed by atoms with Crippen molar-refractivity contribution in [2.24, 2.45) is 0 Å². The lowest BCUT2D eigenvalue weighted by atomic mass is 10.0. The number of carbonyl (C=O) groups is 4. The van der Waals surface area contributed by atoms with E-state index in [2.05, 4.69) is 138 Å². The van der Waals surface area contributed by atoms with Gasteiger partial charge in [0.15, 0.2) is 0 Å². The van der Waals surface area contributed by atoms with E-state index >= 15 is 0 Å². The predicted molar refractivity (Wildman–Crippen MR) is 586 cm³/mol. The van der Waals surface area contributed by atoms with Crippen LogP contribution in [-0.4, -0.2) is 147 Å². The van der Waals surface area contributed by atoms with Crippen LogP contribution in [0.4, 0.5) is 0 Å². The van der Waals surface area contributed by atoms with E-state index in [0.717, 1.165) is 51.4 Å². The van der Waals surface area contributed by atoms with E-state index in [1.54, 1.807) is 0 Å². The first-order valence-electron chi connectivity index (χ1n) is 60.7. The summed E-state index contributed by atoms with van der Waals surface area (Å²) in [5.74, 6) is -3.63. The van der Waals surface area contributed by atoms with Crippen LogP contribution in [0.2, 0.25) is 0 Å². The quantitative estimate of drug-likeness (QED) is 0.0430. The molecule has 0 aliphatic rings. The van der Waals surface area contributed by atoms with Crippen molar-refractivity contribution in [2.75, 3.05) is 105 Å². The van der Waals surface area contributed by atoms with Crippen LogP contribution in [0.25, 0.3) is 0 Å². The van der Waals surface area contributed by atoms with E-state index < -0.39 is 23.9 Å². The summed E-state index contributed by atoms with van der Waals surface area (Å²) in [5.41, 5.74) is 0. The molecule has 0 aromatic heterocycles. The van der Waals surface area contributed by atoms with Crippen LogP contribution < -0.4 is 20.4 Å². The molecular formula is C121H254N4O8. The highest BCUT2D eigenvalue weighted by Gasteiger charge is 2.29. The minimum absolute atomic E-state index is 0.232. The van der Waals surface area contributed by atoms with Crippen LogP contribution in [0.3, 0.4) is 0 Å². The van der Waals surface area contributed by atoms with Gasteiger partial charge in [0.2, 0.25) is 0 Å². The monoisotopic (exact) mass is 1890 g/mol. The largest absolute Gasteiger partial charge is 0.550 e. The number of hydrogen-bond donors (Lipinski definition) is 0. The number of hydrogen-bond acceptors (Lipinski definition) is 8. The van der Waals surface area contributed by atoms with Gasteiger partial charge in [-0.3, -0.25) is 0 Å². The molecule has 806 valence electrons. The first-order chi connectivity index (χ1) is 64.6. The molecule has 0 radical (unpaired) electrons. The zero-order chi connectivity index (χ0) is 101. The van der Waals surface area contributed by atoms with Crippen molar-refractivity contribution in [1.29, 1.82) is 0 Å². The maximum Gasteiger partial charge on any atom is 0.0786 e. The number of carboxylic acid groups (broad SMARTS) is 4. The first kappa shape index (κ1) is 146. The molecule has 0 amide bonds. The molecule has 133 heavy (non-hydrogen) atoms. The van der Waals surface area contributed by atoms with E-state index in [1.165, 1.54) is 566 Å². The van der Waals surface area contributed by atoms with Crippen LogP contribution >= 0.6 is 0 Å². The summed E-state index contributed by atoms with van der Waals surface area (Å²) >= 11 is 0. The molecule has 12 nitrogen and oxygen atoms in total. The first-order valence-corrected chi connectivity index (χ1v) is 60.7. The van der Waals surface area contributed by atoms with Crippen molar-refractivity contribution in [2.45, 2.75) is 659 Å². The van der Waals surface area contributed by atoms with Crippen molar-refractivity contribution in [3.8, 4) is 0 Å². The summed E-state index contributed by atoms with van der Waals surface area (Å²) in [4.78, 5) is 40.6. The summed E-state index contributed by atoms with van der Waals surface area (Å²) in [7, 11) is 0. The minimum atomic E-state index is -0.909. The number of carbonyl (C=O) groups excluding carboxylic acids is 4. The smallest absolute Gasteiger partial charge is 0.0786 e. The molecular weight excluding hydrogens is 1640 g/mol. The fraction of sp³-hybridized carbons (Fsp3) is 0.967. The second kappa shape index (κ2) is 126. The molecule has 0 heterocycles. The van der Waals surface area contributed by atoms with Crippen molar-refractivity contribution in [3.63, 3.8) is 0 Å². The Morgan fingerprint density at radius 2 is 0.180 bits per heavy atom. The SMILES string of the molecule is CCCCCCCCCCCC(=O)[O-].CCCCCCCCCCCCC(=O)[O-].CCCCCCCCCCCCCC(=O)[O-].CCCCCCCCCCCCCCCCCC(=O)[O-].CCCC[N+](CCCC)(CCCC)CCCC.CCCC[N+](CCCC)(CCCC)CCCC.CCCC[N+](CCCC)(CCCC)CCCC.CCCC[N+](CCCC)(CCCC)CCCC. The lowest BCUT2D eigenvalue weighted by Crippen LogP contribution is -2.50. The molecule has 0 fully saturated rings. The molecule has 0 spiro atoms. The van der Waals surface area contributed by atoms with Gasteiger partial charge in [-0.05, 0) is 154 Å². The summed E-state index contributed by atoms with van der Waals surface area (Å²) in [6.45, 7) is 69.0. The van der Waals surface area contributed by atoms with Gasteiger partial charge in [-0.15, -0.1) is 0 Å². The third-order valence-electron chi connectivity index (χ3n) is 28.0. The van der Waals surface area contributed by atoms with Crippen LogP contribution in [0.15, 0.2) is 0 Å². The highest BCUT2D eigenvalue weighted by molar-refractivity contribution is 5.64. The third-order valence-corrected chi connectivity index (χ3v) is 28.0. The fourth-order valence-corrected chi connectivity index (χ4v) is 18.5. The molecule has 0 rings (SSSR count). The second-order valence-electron chi connectivity index (χ2n) is 41.6. The molecule has 0 saturated heterocycles. The Kier molecular flexibility index (Phi) is 138. The number of unbranched alkanes of at least 4 members (excludes halogenated alkanes) is 57. The number of aliphatic carboxylic acids is 4. The standard InChI is InChI=1S/C18H36O2.4C16H36N.C14H28O2.C13H26O2.C12H24O2/c1-2-3-4-5-6-7-8-9-10-11-12-13-14-15-16-17-18(19)20;4*1-5-9-13-17(14-10-6-2,15-11-7-3)16-12-8-4;1-2-3-4-5-6-7-8-9-10-11-12-13-14(15)16;1-2-3-4-5-6-7-8-9-10-11-12-13(14)15;1-2-3-4-5-6-7-8-9-10-11-12(13)14/h2-17H2,1H3,(H,19,20);4*5-16H2,1-4H3;2-13H2,1H3,(H,15,16);2-12H2,1H3,(H,14,15);2-11H2,1H3,(H,13,14)/q;4*+1;;;/p-4. The molecule has 0 aromatic carbocycles. The summed E-state index contributed by atoms with van der Waals surface area (Å²) in [5, 5.41) is 40.6. The van der Waals surface area contributed by atoms with Crippen LogP contribution in [0.1, 0.15) is 659 Å². The lowest BCUT2D eigenvalue weighted by Gasteiger charge is -2.39. The van der Waals surface area contributed by atoms with Gasteiger partial charge in [0.1, 0.15) is 0 Å². The summed E-state index contributed by atoms with van der Waals surface area (Å²) in [6.07, 6.45) is 102. The zero-order valence-electron chi connectivity index (χ0n) is 95.6. The summed E-state index contributed by atoms with van der Waals surface area (Å²) < 4.78 is 5.68. The van der Waals surface area contributed by atoms with E-state index in [-0.39, 0.29) is 25.7 Å². The maximum absolute atomic E-state index is 10.2. The van der Waals surface area contributed by atoms with E-state index in [1.807, 2.05) is 0 Å². The summed E-state index contributed by atoms with van der Waals surface area (Å²) in [6, 6.07) is 0. The highest BCUT2D eigenvalue weighted by atomic mass is 16.4. The second-order valence-corrected chi connectivity index (χ2v) is 41.6. The van der Waals surface area contributed by atoms with Gasteiger partial charge in [-0.1, -0.05) is 504 Å². The number of quaternary nitrogens is 4. The Bertz CT molecular complexity index is 1830. The highest BCUT2D eigenvalue weighted by Crippen LogP contribution is 2.24. The molecule has 0 saturated carbocycles. The maximum atomic E-state index is 10.2. The van der Waals surface area contributed by atoms with Gasteiger partial charge in [-0.25, -0.2) is 0 Å². The molecule has 0 N–H and O–H groups in total. The average molecular weight is 1890 g/mol. The Morgan fingerprint density at radius 1 is 0.113 bits per heavy atom. The molecule has 0 aromatic rings. The van der Waals surface area contributed by atoms with E-state index in [0.29, 0.717) is 0 Å². The normalized spacial score (nSPS) is 11.3. The number of carboxylic acids is 4. The topological polar surface area (TPSA) is 161 Å². The van der Waals surface area contributed by atoms with Crippen molar-refractivity contribution < 1.29 is 57.5 Å². The van der Waals surface area contributed by atoms with Gasteiger partial charge < -0.3 is 57.5 Å². The van der Waals surface area contributed by atoms with Crippen molar-refractivity contribution in [3.05, 3.63) is 0 Å². The number of rotatable bonds is 97. The molecule has 0 unspecified atom stereocenters. The van der Waals surface area contributed by atoms with Crippen LogP contribution in [0, 0.1) is 0 Å². The average Bonchev–Trinajstić information content (AvgIpc) is 0.891. The Labute approximate surface area is 839 Å². The van der Waals surface area contributed by atoms with Crippen molar-refractivity contribution in [1.82, 2.24) is 0 Å². The lowest BCUT2D eigenvalue weighted by molar-refractivity contribution is -0.929. The predicted octanol–water partition coefficient (Wildman–Crippen LogP) is 34.2. The Hall–Kier alpha value is -2.28.